The second-order valence-corrected chi connectivity index (χ2v) is 7.61. The van der Waals surface area contributed by atoms with Gasteiger partial charge in [0.25, 0.3) is 0 Å². The van der Waals surface area contributed by atoms with Gasteiger partial charge in [-0.15, -0.1) is 11.3 Å². The molecular formula is C14H19BrN2O3S. The number of aromatic nitrogens is 1. The molecule has 5 nitrogen and oxygen atoms in total. The average Bonchev–Trinajstić information content (AvgIpc) is 2.91. The van der Waals surface area contributed by atoms with Crippen LogP contribution < -0.4 is 5.32 Å². The minimum Gasteiger partial charge on any atom is -0.467 e. The van der Waals surface area contributed by atoms with E-state index in [-0.39, 0.29) is 12.6 Å². The molecule has 1 aromatic rings. The number of esters is 1. The third-order valence-corrected chi connectivity index (χ3v) is 6.42. The van der Waals surface area contributed by atoms with Crippen LogP contribution in [0.1, 0.15) is 30.7 Å². The van der Waals surface area contributed by atoms with E-state index in [0.29, 0.717) is 5.41 Å². The maximum Gasteiger partial charge on any atom is 0.331 e. The quantitative estimate of drug-likeness (QED) is 0.820. The van der Waals surface area contributed by atoms with Gasteiger partial charge >= 0.3 is 5.97 Å². The second-order valence-electron chi connectivity index (χ2n) is 5.94. The Morgan fingerprint density at radius 1 is 1.43 bits per heavy atom. The van der Waals surface area contributed by atoms with Crippen LogP contribution in [0.15, 0.2) is 9.98 Å². The molecule has 21 heavy (non-hydrogen) atoms. The van der Waals surface area contributed by atoms with E-state index < -0.39 is 5.60 Å². The highest BCUT2D eigenvalue weighted by molar-refractivity contribution is 9.10. The smallest absolute Gasteiger partial charge is 0.331 e. The Balaban J connectivity index is 1.76. The Hall–Kier alpha value is -0.500. The highest BCUT2D eigenvalue weighted by Gasteiger charge is 2.48. The molecule has 1 spiro atoms. The number of nitrogens with one attached hydrogen (secondary N) is 1. The first-order chi connectivity index (χ1) is 10.1. The van der Waals surface area contributed by atoms with Gasteiger partial charge in [0, 0.05) is 18.5 Å². The molecule has 1 saturated carbocycles. The van der Waals surface area contributed by atoms with Crippen molar-refractivity contribution in [3.05, 3.63) is 15.0 Å². The van der Waals surface area contributed by atoms with E-state index in [2.05, 4.69) is 26.2 Å². The third-order valence-electron chi connectivity index (χ3n) is 4.68. The van der Waals surface area contributed by atoms with Crippen molar-refractivity contribution in [3.8, 4) is 0 Å². The summed E-state index contributed by atoms with van der Waals surface area (Å²) in [6, 6.07) is 0. The van der Waals surface area contributed by atoms with Crippen molar-refractivity contribution in [2.75, 3.05) is 26.8 Å². The molecule has 3 rings (SSSR count). The van der Waals surface area contributed by atoms with E-state index >= 15 is 0 Å². The molecule has 2 heterocycles. The average molecular weight is 375 g/mol. The van der Waals surface area contributed by atoms with Gasteiger partial charge < -0.3 is 14.8 Å². The lowest BCUT2D eigenvalue weighted by atomic mass is 9.65. The minimum atomic E-state index is -0.439. The molecule has 0 radical (unpaired) electrons. The standard InChI is InChI=1S/C14H19BrN2O3S/c1-19-11(18)6-20-14(12-17-10(15)7-21-12)4-2-13(3-5-14)8-16-9-13/h7,16H,2-6,8-9H2,1H3. The highest BCUT2D eigenvalue weighted by Crippen LogP contribution is 2.50. The van der Waals surface area contributed by atoms with Gasteiger partial charge in [0.15, 0.2) is 0 Å². The van der Waals surface area contributed by atoms with Crippen molar-refractivity contribution in [2.45, 2.75) is 31.3 Å². The number of hydrogen-bond acceptors (Lipinski definition) is 6. The zero-order chi connectivity index (χ0) is 14.9. The number of nitrogens with zero attached hydrogens (tertiary/aromatic N) is 1. The van der Waals surface area contributed by atoms with Crippen molar-refractivity contribution >= 4 is 33.2 Å². The number of hydrogen-bond donors (Lipinski definition) is 1. The summed E-state index contributed by atoms with van der Waals surface area (Å²) in [5, 5.41) is 6.29. The lowest BCUT2D eigenvalue weighted by Gasteiger charge is -2.50. The van der Waals surface area contributed by atoms with E-state index in [4.69, 9.17) is 9.47 Å². The van der Waals surface area contributed by atoms with E-state index in [9.17, 15) is 4.79 Å². The summed E-state index contributed by atoms with van der Waals surface area (Å²) in [5.41, 5.74) is -0.00165. The molecule has 7 heteroatoms. The molecule has 0 atom stereocenters. The Morgan fingerprint density at radius 3 is 2.62 bits per heavy atom. The summed E-state index contributed by atoms with van der Waals surface area (Å²) in [5.74, 6) is -0.337. The Labute approximate surface area is 136 Å². The molecular weight excluding hydrogens is 356 g/mol. The lowest BCUT2D eigenvalue weighted by Crippen LogP contribution is -2.57. The van der Waals surface area contributed by atoms with Crippen LogP contribution in [0.5, 0.6) is 0 Å². The molecule has 2 aliphatic rings. The number of ether oxygens (including phenoxy) is 2. The molecule has 1 aliphatic carbocycles. The van der Waals surface area contributed by atoms with Gasteiger partial charge in [-0.2, -0.15) is 0 Å². The van der Waals surface area contributed by atoms with Crippen LogP contribution in [0.3, 0.4) is 0 Å². The largest absolute Gasteiger partial charge is 0.467 e. The second kappa shape index (κ2) is 5.95. The fourth-order valence-corrected chi connectivity index (χ4v) is 4.62. The molecule has 1 aliphatic heterocycles. The summed E-state index contributed by atoms with van der Waals surface area (Å²) >= 11 is 5.00. The van der Waals surface area contributed by atoms with E-state index in [1.165, 1.54) is 7.11 Å². The van der Waals surface area contributed by atoms with Crippen molar-refractivity contribution in [1.82, 2.24) is 10.3 Å². The van der Waals surface area contributed by atoms with E-state index in [1.54, 1.807) is 11.3 Å². The summed E-state index contributed by atoms with van der Waals surface area (Å²) in [6.07, 6.45) is 4.04. The van der Waals surface area contributed by atoms with Crippen LogP contribution >= 0.6 is 27.3 Å². The topological polar surface area (TPSA) is 60.5 Å². The SMILES string of the molecule is COC(=O)COC1(c2nc(Br)cs2)CCC2(CC1)CNC2. The molecule has 1 aromatic heterocycles. The van der Waals surface area contributed by atoms with Crippen LogP contribution in [0.4, 0.5) is 0 Å². The third kappa shape index (κ3) is 3.02. The summed E-state index contributed by atoms with van der Waals surface area (Å²) in [7, 11) is 1.38. The van der Waals surface area contributed by atoms with Crippen molar-refractivity contribution in [2.24, 2.45) is 5.41 Å². The van der Waals surface area contributed by atoms with Gasteiger partial charge in [-0.3, -0.25) is 0 Å². The van der Waals surface area contributed by atoms with Crippen molar-refractivity contribution in [1.29, 1.82) is 0 Å². The first-order valence-electron chi connectivity index (χ1n) is 7.11. The predicted octanol–water partition coefficient (Wildman–Crippen LogP) is 2.45. The van der Waals surface area contributed by atoms with Gasteiger partial charge in [0.2, 0.25) is 0 Å². The number of carbonyl (C=O) groups is 1. The Bertz CT molecular complexity index is 520. The normalized spacial score (nSPS) is 22.8. The van der Waals surface area contributed by atoms with Gasteiger partial charge in [0.1, 0.15) is 21.8 Å². The highest BCUT2D eigenvalue weighted by atomic mass is 79.9. The van der Waals surface area contributed by atoms with Crippen LogP contribution in [-0.4, -0.2) is 37.8 Å². The minimum absolute atomic E-state index is 0.0149. The molecule has 0 amide bonds. The van der Waals surface area contributed by atoms with Crippen LogP contribution in [0.25, 0.3) is 0 Å². The van der Waals surface area contributed by atoms with Gasteiger partial charge in [-0.05, 0) is 47.0 Å². The molecule has 2 fully saturated rings. The summed E-state index contributed by atoms with van der Waals surface area (Å²) in [4.78, 5) is 16.0. The monoisotopic (exact) mass is 374 g/mol. The molecule has 1 saturated heterocycles. The van der Waals surface area contributed by atoms with Crippen LogP contribution in [-0.2, 0) is 19.9 Å². The number of thiazole rings is 1. The maximum atomic E-state index is 11.4. The Kier molecular flexibility index (Phi) is 4.36. The summed E-state index contributed by atoms with van der Waals surface area (Å²) in [6.45, 7) is 2.18. The number of carbonyl (C=O) groups excluding carboxylic acids is 1. The number of rotatable bonds is 4. The maximum absolute atomic E-state index is 11.4. The zero-order valence-corrected chi connectivity index (χ0v) is 14.4. The van der Waals surface area contributed by atoms with Crippen molar-refractivity contribution < 1.29 is 14.3 Å². The molecule has 0 unspecified atom stereocenters. The molecule has 1 N–H and O–H groups in total. The van der Waals surface area contributed by atoms with E-state index in [1.807, 2.05) is 5.38 Å². The lowest BCUT2D eigenvalue weighted by molar-refractivity contribution is -0.160. The molecule has 116 valence electrons. The van der Waals surface area contributed by atoms with Gasteiger partial charge in [0.05, 0.1) is 7.11 Å². The van der Waals surface area contributed by atoms with Crippen LogP contribution in [0, 0.1) is 5.41 Å². The molecule has 0 aromatic carbocycles. The molecule has 0 bridgehead atoms. The Morgan fingerprint density at radius 2 is 2.14 bits per heavy atom. The fourth-order valence-electron chi connectivity index (χ4n) is 3.16. The van der Waals surface area contributed by atoms with Gasteiger partial charge in [-0.25, -0.2) is 9.78 Å². The van der Waals surface area contributed by atoms with Crippen LogP contribution in [0.2, 0.25) is 0 Å². The van der Waals surface area contributed by atoms with E-state index in [0.717, 1.165) is 48.4 Å². The van der Waals surface area contributed by atoms with Gasteiger partial charge in [-0.1, -0.05) is 0 Å². The predicted molar refractivity (Wildman–Crippen MR) is 83.2 cm³/mol. The number of halogens is 1. The number of methoxy groups -OCH3 is 1. The summed E-state index contributed by atoms with van der Waals surface area (Å²) < 4.78 is 11.5. The zero-order valence-electron chi connectivity index (χ0n) is 12.0. The first kappa shape index (κ1) is 15.4. The van der Waals surface area contributed by atoms with Crippen molar-refractivity contribution in [3.63, 3.8) is 0 Å². The first-order valence-corrected chi connectivity index (χ1v) is 8.78. The fraction of sp³-hybridized carbons (Fsp3) is 0.714.